The molecule has 0 unspecified atom stereocenters. The van der Waals surface area contributed by atoms with E-state index in [0.717, 1.165) is 0 Å². The van der Waals surface area contributed by atoms with Gasteiger partial charge >= 0.3 is 11.7 Å². The van der Waals surface area contributed by atoms with E-state index in [2.05, 4.69) is 10.6 Å². The third-order valence-electron chi connectivity index (χ3n) is 5.24. The van der Waals surface area contributed by atoms with Crippen molar-refractivity contribution in [3.05, 3.63) is 71.1 Å². The molecule has 1 heterocycles. The van der Waals surface area contributed by atoms with Crippen LogP contribution < -0.4 is 30.5 Å². The minimum absolute atomic E-state index is 0.182. The Morgan fingerprint density at radius 1 is 0.788 bits per heavy atom. The smallest absolute Gasteiger partial charge is 0.328 e. The van der Waals surface area contributed by atoms with Gasteiger partial charge in [-0.05, 0) is 42.5 Å². The van der Waals surface area contributed by atoms with Crippen LogP contribution in [0.4, 0.5) is 16.2 Å². The second-order valence-electron chi connectivity index (χ2n) is 7.33. The van der Waals surface area contributed by atoms with Gasteiger partial charge in [0.05, 0.1) is 30.9 Å². The summed E-state index contributed by atoms with van der Waals surface area (Å²) in [6.45, 7) is 0. The first kappa shape index (κ1) is 21.8. The minimum Gasteiger partial charge on any atom is -0.497 e. The first-order valence-corrected chi connectivity index (χ1v) is 10.1. The SMILES string of the molecule is COc1ccc(Oc2cc3c(cc2NC(=O)Nc2cccc(OC)c2)n(C)c(=O)n3C)cc1. The lowest BCUT2D eigenvalue weighted by atomic mass is 10.2. The van der Waals surface area contributed by atoms with Crippen LogP contribution in [-0.2, 0) is 14.1 Å². The summed E-state index contributed by atoms with van der Waals surface area (Å²) in [5, 5.41) is 5.60. The number of hydrogen-bond acceptors (Lipinski definition) is 5. The van der Waals surface area contributed by atoms with Crippen molar-refractivity contribution in [2.75, 3.05) is 24.9 Å². The lowest BCUT2D eigenvalue weighted by Gasteiger charge is -2.14. The van der Waals surface area contributed by atoms with Crippen LogP contribution in [0.3, 0.4) is 0 Å². The first-order chi connectivity index (χ1) is 15.9. The van der Waals surface area contributed by atoms with Crippen molar-refractivity contribution in [3.63, 3.8) is 0 Å². The number of anilines is 2. The topological polar surface area (TPSA) is 95.8 Å². The zero-order valence-corrected chi connectivity index (χ0v) is 18.7. The molecule has 0 aliphatic carbocycles. The molecule has 3 aromatic carbocycles. The number of benzene rings is 3. The summed E-state index contributed by atoms with van der Waals surface area (Å²) in [6, 6.07) is 17.0. The van der Waals surface area contributed by atoms with Gasteiger partial charge in [0.15, 0.2) is 5.75 Å². The monoisotopic (exact) mass is 448 g/mol. The Kier molecular flexibility index (Phi) is 5.95. The number of methoxy groups -OCH3 is 2. The van der Waals surface area contributed by atoms with Crippen LogP contribution in [0.25, 0.3) is 11.0 Å². The average Bonchev–Trinajstić information content (AvgIpc) is 3.03. The quantitative estimate of drug-likeness (QED) is 0.458. The van der Waals surface area contributed by atoms with Gasteiger partial charge in [-0.2, -0.15) is 0 Å². The summed E-state index contributed by atoms with van der Waals surface area (Å²) in [7, 11) is 6.50. The van der Waals surface area contributed by atoms with E-state index >= 15 is 0 Å². The highest BCUT2D eigenvalue weighted by Crippen LogP contribution is 2.34. The first-order valence-electron chi connectivity index (χ1n) is 10.1. The standard InChI is InChI=1S/C24H24N4O5/c1-27-20-13-19(26-23(29)25-15-6-5-7-18(12-15)32-4)22(14-21(20)28(2)24(27)30)33-17-10-8-16(31-3)9-11-17/h5-14H,1-4H3,(H2,25,26,29). The van der Waals surface area contributed by atoms with E-state index < -0.39 is 6.03 Å². The fourth-order valence-electron chi connectivity index (χ4n) is 3.46. The number of fused-ring (bicyclic) bond motifs is 1. The Morgan fingerprint density at radius 2 is 1.42 bits per heavy atom. The van der Waals surface area contributed by atoms with E-state index in [-0.39, 0.29) is 5.69 Å². The number of carbonyl (C=O) groups is 1. The minimum atomic E-state index is -0.469. The summed E-state index contributed by atoms with van der Waals surface area (Å²) in [4.78, 5) is 25.2. The van der Waals surface area contributed by atoms with Gasteiger partial charge in [0, 0.05) is 31.9 Å². The number of nitrogens with one attached hydrogen (secondary N) is 2. The molecule has 33 heavy (non-hydrogen) atoms. The molecule has 170 valence electrons. The summed E-state index contributed by atoms with van der Waals surface area (Å²) in [5.74, 6) is 2.25. The lowest BCUT2D eigenvalue weighted by Crippen LogP contribution is -2.20. The maximum atomic E-state index is 12.8. The Morgan fingerprint density at radius 3 is 2.09 bits per heavy atom. The summed E-state index contributed by atoms with van der Waals surface area (Å²) in [6.07, 6.45) is 0. The van der Waals surface area contributed by atoms with Gasteiger partial charge in [-0.15, -0.1) is 0 Å². The van der Waals surface area contributed by atoms with Gasteiger partial charge in [0.1, 0.15) is 17.2 Å². The van der Waals surface area contributed by atoms with E-state index in [4.69, 9.17) is 14.2 Å². The molecule has 0 saturated carbocycles. The molecular formula is C24H24N4O5. The molecule has 0 fully saturated rings. The van der Waals surface area contributed by atoms with Crippen LogP contribution in [0.15, 0.2) is 65.5 Å². The summed E-state index contributed by atoms with van der Waals surface area (Å²) in [5.41, 5.74) is 2.11. The molecule has 0 aliphatic rings. The van der Waals surface area contributed by atoms with Crippen LogP contribution >= 0.6 is 0 Å². The second kappa shape index (κ2) is 8.99. The van der Waals surface area contributed by atoms with Crippen LogP contribution in [0.5, 0.6) is 23.0 Å². The molecule has 0 bridgehead atoms. The largest absolute Gasteiger partial charge is 0.497 e. The van der Waals surface area contributed by atoms with Crippen LogP contribution in [0.1, 0.15) is 0 Å². The summed E-state index contributed by atoms with van der Waals surface area (Å²) < 4.78 is 19.5. The third kappa shape index (κ3) is 4.47. The fraction of sp³-hybridized carbons (Fsp3) is 0.167. The summed E-state index contributed by atoms with van der Waals surface area (Å²) >= 11 is 0. The van der Waals surface area contributed by atoms with Gasteiger partial charge in [-0.3, -0.25) is 9.13 Å². The lowest BCUT2D eigenvalue weighted by molar-refractivity contribution is 0.262. The molecule has 4 aromatic rings. The van der Waals surface area contributed by atoms with E-state index in [1.165, 1.54) is 9.13 Å². The molecule has 9 heteroatoms. The van der Waals surface area contributed by atoms with Crippen molar-refractivity contribution in [2.45, 2.75) is 0 Å². The third-order valence-corrected chi connectivity index (χ3v) is 5.24. The van der Waals surface area contributed by atoms with Crippen LogP contribution in [0.2, 0.25) is 0 Å². The van der Waals surface area contributed by atoms with E-state index in [1.807, 2.05) is 0 Å². The van der Waals surface area contributed by atoms with Crippen LogP contribution in [-0.4, -0.2) is 29.4 Å². The molecular weight excluding hydrogens is 424 g/mol. The maximum absolute atomic E-state index is 12.8. The van der Waals surface area contributed by atoms with E-state index in [0.29, 0.717) is 45.4 Å². The number of carbonyl (C=O) groups excluding carboxylic acids is 1. The molecule has 0 aliphatic heterocycles. The number of hydrogen-bond donors (Lipinski definition) is 2. The molecule has 0 spiro atoms. The highest BCUT2D eigenvalue weighted by molar-refractivity contribution is 6.02. The van der Waals surface area contributed by atoms with Gasteiger partial charge in [0.25, 0.3) is 0 Å². The number of urea groups is 1. The normalized spacial score (nSPS) is 10.7. The number of amides is 2. The van der Waals surface area contributed by atoms with Crippen molar-refractivity contribution >= 4 is 28.4 Å². The molecule has 4 rings (SSSR count). The number of nitrogens with zero attached hydrogens (tertiary/aromatic N) is 2. The number of imidazole rings is 1. The number of rotatable bonds is 6. The zero-order valence-electron chi connectivity index (χ0n) is 18.7. The molecule has 9 nitrogen and oxygen atoms in total. The number of ether oxygens (including phenoxy) is 3. The Balaban J connectivity index is 1.69. The second-order valence-corrected chi connectivity index (χ2v) is 7.33. The number of aryl methyl sites for hydroxylation is 2. The highest BCUT2D eigenvalue weighted by atomic mass is 16.5. The van der Waals surface area contributed by atoms with Gasteiger partial charge in [-0.25, -0.2) is 9.59 Å². The Bertz CT molecular complexity index is 1370. The van der Waals surface area contributed by atoms with Crippen molar-refractivity contribution in [1.82, 2.24) is 9.13 Å². The van der Waals surface area contributed by atoms with Crippen LogP contribution in [0, 0.1) is 0 Å². The van der Waals surface area contributed by atoms with Gasteiger partial charge < -0.3 is 24.8 Å². The molecule has 0 saturated heterocycles. The highest BCUT2D eigenvalue weighted by Gasteiger charge is 2.16. The molecule has 1 aromatic heterocycles. The van der Waals surface area contributed by atoms with E-state index in [9.17, 15) is 9.59 Å². The van der Waals surface area contributed by atoms with Crippen molar-refractivity contribution in [2.24, 2.45) is 14.1 Å². The van der Waals surface area contributed by atoms with Gasteiger partial charge in [0.2, 0.25) is 0 Å². The molecule has 0 radical (unpaired) electrons. The molecule has 0 atom stereocenters. The molecule has 2 amide bonds. The zero-order chi connectivity index (χ0) is 23.5. The van der Waals surface area contributed by atoms with Gasteiger partial charge in [-0.1, -0.05) is 6.07 Å². The van der Waals surface area contributed by atoms with E-state index in [1.54, 1.807) is 89.0 Å². The predicted octanol–water partition coefficient (Wildman–Crippen LogP) is 4.33. The Labute approximate surface area is 190 Å². The number of aromatic nitrogens is 2. The Hall–Kier alpha value is -4.40. The van der Waals surface area contributed by atoms with Crippen molar-refractivity contribution in [3.8, 4) is 23.0 Å². The van der Waals surface area contributed by atoms with Crippen molar-refractivity contribution in [1.29, 1.82) is 0 Å². The predicted molar refractivity (Wildman–Crippen MR) is 127 cm³/mol. The molecule has 2 N–H and O–H groups in total. The van der Waals surface area contributed by atoms with Crippen molar-refractivity contribution < 1.29 is 19.0 Å². The fourth-order valence-corrected chi connectivity index (χ4v) is 3.46. The average molecular weight is 448 g/mol. The maximum Gasteiger partial charge on any atom is 0.328 e.